The molecule has 0 N–H and O–H groups in total. The van der Waals surface area contributed by atoms with Gasteiger partial charge in [-0.3, -0.25) is 0 Å². The van der Waals surface area contributed by atoms with E-state index in [2.05, 4.69) is 13.2 Å². The number of carbonyl (C=O) groups excluding carboxylic acids is 2. The van der Waals surface area contributed by atoms with Crippen molar-refractivity contribution in [1.82, 2.24) is 0 Å². The normalized spacial score (nSPS) is 12.2. The van der Waals surface area contributed by atoms with Gasteiger partial charge < -0.3 is 36.0 Å². The van der Waals surface area contributed by atoms with Gasteiger partial charge in [0.15, 0.2) is 0 Å². The highest BCUT2D eigenvalue weighted by Gasteiger charge is 2.38. The maximum absolute atomic E-state index is 11.1. The Labute approximate surface area is 194 Å². The topological polar surface area (TPSA) is 108 Å². The minimum Gasteiger partial charge on any atom is -0.462 e. The van der Waals surface area contributed by atoms with E-state index in [1.54, 1.807) is 49.6 Å². The maximum atomic E-state index is 11.1. The lowest BCUT2D eigenvalue weighted by Crippen LogP contribution is -2.43. The van der Waals surface area contributed by atoms with Crippen LogP contribution in [-0.4, -0.2) is 84.9 Å². The summed E-state index contributed by atoms with van der Waals surface area (Å²) in [6.07, 6.45) is 2.20. The van der Waals surface area contributed by atoms with Gasteiger partial charge in [0, 0.05) is 66.4 Å². The molecular weight excluding hydrogens is 456 g/mol. The molecule has 0 heterocycles. The second kappa shape index (κ2) is 18.1. The molecule has 0 amide bonds. The summed E-state index contributed by atoms with van der Waals surface area (Å²) in [4.78, 5) is 22.0. The van der Waals surface area contributed by atoms with Gasteiger partial charge in [-0.25, -0.2) is 9.59 Å². The van der Waals surface area contributed by atoms with Gasteiger partial charge in [-0.15, -0.1) is 0 Å². The molecule has 0 spiro atoms. The summed E-state index contributed by atoms with van der Waals surface area (Å²) in [5, 5.41) is 0. The summed E-state index contributed by atoms with van der Waals surface area (Å²) >= 11 is 0. The Hall–Kier alpha value is -1.39. The van der Waals surface area contributed by atoms with Crippen LogP contribution in [0.2, 0.25) is 12.1 Å². The molecule has 1 atom stereocenters. The minimum atomic E-state index is -2.56. The molecule has 0 aliphatic rings. The number of ether oxygens (including phenoxy) is 2. The first-order valence-electron chi connectivity index (χ1n) is 10.0. The van der Waals surface area contributed by atoms with E-state index in [9.17, 15) is 9.59 Å². The van der Waals surface area contributed by atoms with E-state index in [0.29, 0.717) is 37.1 Å². The zero-order valence-corrected chi connectivity index (χ0v) is 22.7. The number of rotatable bonds is 16. The molecule has 0 aromatic heterocycles. The quantitative estimate of drug-likeness (QED) is 0.137. The largest absolute Gasteiger partial charge is 0.500 e. The van der Waals surface area contributed by atoms with Crippen LogP contribution in [-0.2, 0) is 45.6 Å². The van der Waals surface area contributed by atoms with Crippen LogP contribution in [0.1, 0.15) is 26.7 Å². The fourth-order valence-corrected chi connectivity index (χ4v) is 5.94. The first-order chi connectivity index (χ1) is 15.0. The Morgan fingerprint density at radius 2 is 1.31 bits per heavy atom. The van der Waals surface area contributed by atoms with Gasteiger partial charge in [0.2, 0.25) is 0 Å². The van der Waals surface area contributed by atoms with Crippen LogP contribution in [0.25, 0.3) is 0 Å². The molecule has 10 nitrogen and oxygen atoms in total. The molecule has 32 heavy (non-hydrogen) atoms. The van der Waals surface area contributed by atoms with Crippen molar-refractivity contribution in [1.29, 1.82) is 0 Å². The zero-order valence-electron chi connectivity index (χ0n) is 20.7. The van der Waals surface area contributed by atoms with E-state index in [1.807, 2.05) is 6.92 Å². The first-order valence-corrected chi connectivity index (χ1v) is 13.9. The van der Waals surface area contributed by atoms with Crippen LogP contribution >= 0.6 is 0 Å². The lowest BCUT2D eigenvalue weighted by Gasteiger charge is -2.25. The molecule has 1 unspecified atom stereocenters. The minimum absolute atomic E-state index is 0.210. The molecule has 0 fully saturated rings. The average molecular weight is 497 g/mol. The molecule has 0 aromatic rings. The summed E-state index contributed by atoms with van der Waals surface area (Å²) in [5.41, 5.74) is 0.397. The van der Waals surface area contributed by atoms with Crippen molar-refractivity contribution in [2.24, 2.45) is 0 Å². The van der Waals surface area contributed by atoms with Crippen molar-refractivity contribution in [3.63, 3.8) is 0 Å². The average Bonchev–Trinajstić information content (AvgIpc) is 2.81. The van der Waals surface area contributed by atoms with E-state index in [4.69, 9.17) is 36.0 Å². The highest BCUT2D eigenvalue weighted by molar-refractivity contribution is 6.60. The highest BCUT2D eigenvalue weighted by atomic mass is 28.4. The van der Waals surface area contributed by atoms with E-state index in [-0.39, 0.29) is 12.1 Å². The van der Waals surface area contributed by atoms with Gasteiger partial charge >= 0.3 is 29.5 Å². The molecular formula is C20H40O10Si2. The summed E-state index contributed by atoms with van der Waals surface area (Å²) in [6.45, 7) is 10.6. The lowest BCUT2D eigenvalue weighted by molar-refractivity contribution is -0.142. The fraction of sp³-hybridized carbons (Fsp3) is 0.700. The van der Waals surface area contributed by atoms with E-state index in [0.717, 1.165) is 6.08 Å². The third kappa shape index (κ3) is 13.2. The SMILES string of the molecule is C=C(C)C(=O)OCCC[Si](OC)(OC)OC.C=CC(=O)OC(C)CC[Si](OC)(OC)OC. The van der Waals surface area contributed by atoms with Gasteiger partial charge in [0.25, 0.3) is 0 Å². The van der Waals surface area contributed by atoms with E-state index in [1.165, 1.54) is 0 Å². The van der Waals surface area contributed by atoms with E-state index < -0.39 is 23.6 Å². The Morgan fingerprint density at radius 1 is 0.875 bits per heavy atom. The number of hydrogen-bond donors (Lipinski definition) is 0. The summed E-state index contributed by atoms with van der Waals surface area (Å²) in [7, 11) is 4.24. The van der Waals surface area contributed by atoms with Crippen LogP contribution in [0.5, 0.6) is 0 Å². The third-order valence-corrected chi connectivity index (χ3v) is 10.0. The molecule has 0 aliphatic heterocycles. The predicted molar refractivity (Wildman–Crippen MR) is 124 cm³/mol. The molecule has 12 heteroatoms. The van der Waals surface area contributed by atoms with Crippen molar-refractivity contribution >= 4 is 29.5 Å². The second-order valence-corrected chi connectivity index (χ2v) is 12.8. The second-order valence-electron chi connectivity index (χ2n) is 6.60. The summed E-state index contributed by atoms with van der Waals surface area (Å²) < 4.78 is 41.4. The van der Waals surface area contributed by atoms with Crippen molar-refractivity contribution in [3.05, 3.63) is 24.8 Å². The molecule has 188 valence electrons. The van der Waals surface area contributed by atoms with Crippen molar-refractivity contribution in [3.8, 4) is 0 Å². The summed E-state index contributed by atoms with van der Waals surface area (Å²) in [6, 6.07) is 1.21. The van der Waals surface area contributed by atoms with Gasteiger partial charge in [0.1, 0.15) is 0 Å². The number of carbonyl (C=O) groups is 2. The van der Waals surface area contributed by atoms with Crippen LogP contribution in [0.3, 0.4) is 0 Å². The van der Waals surface area contributed by atoms with Crippen LogP contribution in [0.4, 0.5) is 0 Å². The van der Waals surface area contributed by atoms with Crippen molar-refractivity contribution in [2.75, 3.05) is 49.3 Å². The zero-order chi connectivity index (χ0) is 25.2. The van der Waals surface area contributed by atoms with Gasteiger partial charge in [0.05, 0.1) is 12.7 Å². The highest BCUT2D eigenvalue weighted by Crippen LogP contribution is 2.17. The predicted octanol–water partition coefficient (Wildman–Crippen LogP) is 2.75. The fourth-order valence-electron chi connectivity index (χ4n) is 2.37. The maximum Gasteiger partial charge on any atom is 0.500 e. The van der Waals surface area contributed by atoms with Gasteiger partial charge in [-0.1, -0.05) is 13.2 Å². The van der Waals surface area contributed by atoms with Crippen molar-refractivity contribution in [2.45, 2.75) is 44.9 Å². The molecule has 0 aromatic carbocycles. The molecule has 0 saturated carbocycles. The van der Waals surface area contributed by atoms with Crippen LogP contribution < -0.4 is 0 Å². The molecule has 0 radical (unpaired) electrons. The Balaban J connectivity index is 0. The number of esters is 2. The standard InChI is InChI=1S/2C10H20O5Si/c1-9(2)10(11)15-7-6-8-16(12-3,13-4)14-5;1-6-10(11)15-9(2)7-8-16(12-3,13-4)14-5/h1,6-8H2,2-5H3;6,9H,1,7-8H2,2-5H3. The monoisotopic (exact) mass is 496 g/mol. The summed E-state index contributed by atoms with van der Waals surface area (Å²) in [5.74, 6) is -0.800. The van der Waals surface area contributed by atoms with Crippen molar-refractivity contribution < 1.29 is 45.6 Å². The lowest BCUT2D eigenvalue weighted by atomic mass is 10.3. The van der Waals surface area contributed by atoms with Gasteiger partial charge in [-0.2, -0.15) is 0 Å². The molecule has 0 saturated heterocycles. The van der Waals surface area contributed by atoms with Gasteiger partial charge in [-0.05, 0) is 26.7 Å². The van der Waals surface area contributed by atoms with Crippen LogP contribution in [0.15, 0.2) is 24.8 Å². The first kappa shape index (κ1) is 32.8. The molecule has 0 aliphatic carbocycles. The van der Waals surface area contributed by atoms with Crippen LogP contribution in [0, 0.1) is 0 Å². The Bertz CT molecular complexity index is 546. The Kier molecular flexibility index (Phi) is 18.5. The number of hydrogen-bond acceptors (Lipinski definition) is 10. The molecule has 0 rings (SSSR count). The molecule has 0 bridgehead atoms. The Morgan fingerprint density at radius 3 is 1.69 bits per heavy atom. The van der Waals surface area contributed by atoms with E-state index >= 15 is 0 Å². The third-order valence-electron chi connectivity index (χ3n) is 4.42. The smallest absolute Gasteiger partial charge is 0.462 e.